The third-order valence-corrected chi connectivity index (χ3v) is 4.14. The zero-order chi connectivity index (χ0) is 19.9. The molecule has 1 aromatic heterocycles. The topological polar surface area (TPSA) is 159 Å². The maximum Gasteiger partial charge on any atom is 0.412 e. The van der Waals surface area contributed by atoms with E-state index in [1.165, 1.54) is 36.7 Å². The van der Waals surface area contributed by atoms with Crippen molar-refractivity contribution < 1.29 is 23.9 Å². The van der Waals surface area contributed by atoms with Gasteiger partial charge in [-0.3, -0.25) is 20.3 Å². The van der Waals surface area contributed by atoms with Gasteiger partial charge in [-0.25, -0.2) is 4.79 Å². The van der Waals surface area contributed by atoms with Crippen molar-refractivity contribution in [3.8, 4) is 0 Å². The summed E-state index contributed by atoms with van der Waals surface area (Å²) in [5.41, 5.74) is 8.90. The first-order chi connectivity index (χ1) is 12.8. The number of hydrazone groups is 1. The number of rotatable bonds is 6. The molecule has 0 atom stereocenters. The summed E-state index contributed by atoms with van der Waals surface area (Å²) in [6.07, 6.45) is 2.11. The van der Waals surface area contributed by atoms with Gasteiger partial charge < -0.3 is 20.3 Å². The molecule has 12 heteroatoms. The van der Waals surface area contributed by atoms with Crippen molar-refractivity contribution in [2.24, 2.45) is 10.8 Å². The largest absolute Gasteiger partial charge is 0.444 e. The van der Waals surface area contributed by atoms with Gasteiger partial charge in [0, 0.05) is 6.20 Å². The van der Waals surface area contributed by atoms with Crippen LogP contribution >= 0.6 is 19.8 Å². The molecular weight excluding hydrogens is 393 g/mol. The normalized spacial score (nSPS) is 11.2. The van der Waals surface area contributed by atoms with Gasteiger partial charge >= 0.3 is 13.7 Å². The van der Waals surface area contributed by atoms with E-state index in [1.54, 1.807) is 12.1 Å². The second-order valence-electron chi connectivity index (χ2n) is 5.08. The molecule has 0 bridgehead atoms. The van der Waals surface area contributed by atoms with Gasteiger partial charge in [0.1, 0.15) is 12.3 Å². The molecule has 1 amide bonds. The molecule has 6 N–H and O–H groups in total. The Balaban J connectivity index is 1.95. The van der Waals surface area contributed by atoms with Crippen LogP contribution in [-0.2, 0) is 15.9 Å². The molecule has 2 rings (SSSR count). The van der Waals surface area contributed by atoms with Crippen LogP contribution in [-0.4, -0.2) is 32.2 Å². The number of thiocarbonyl (C=S) groups is 1. The smallest absolute Gasteiger partial charge is 0.412 e. The summed E-state index contributed by atoms with van der Waals surface area (Å²) in [5.74, 6) is 0. The molecule has 10 nitrogen and oxygen atoms in total. The van der Waals surface area contributed by atoms with Crippen molar-refractivity contribution in [3.05, 3.63) is 53.9 Å². The number of ether oxygens (including phenoxy) is 1. The lowest BCUT2D eigenvalue weighted by Crippen LogP contribution is -2.24. The summed E-state index contributed by atoms with van der Waals surface area (Å²) >= 11 is 4.62. The number of nitrogens with zero attached hydrogens (tertiary/aromatic N) is 2. The van der Waals surface area contributed by atoms with Crippen molar-refractivity contribution in [2.45, 2.75) is 6.61 Å². The lowest BCUT2D eigenvalue weighted by Gasteiger charge is -2.09. The van der Waals surface area contributed by atoms with Crippen molar-refractivity contribution >= 4 is 48.2 Å². The minimum atomic E-state index is -4.30. The number of nitrogens with two attached hydrogens (primary N) is 1. The third kappa shape index (κ3) is 6.76. The summed E-state index contributed by atoms with van der Waals surface area (Å²) in [6, 6.07) is 8.71. The fourth-order valence-corrected chi connectivity index (χ4v) is 2.45. The highest BCUT2D eigenvalue weighted by Crippen LogP contribution is 2.32. The molecule has 0 saturated heterocycles. The summed E-state index contributed by atoms with van der Waals surface area (Å²) in [6.45, 7) is -0.0834. The first-order valence-corrected chi connectivity index (χ1v) is 9.40. The van der Waals surface area contributed by atoms with Crippen LogP contribution in [0.25, 0.3) is 0 Å². The molecule has 1 heterocycles. The maximum absolute atomic E-state index is 12.0. The van der Waals surface area contributed by atoms with E-state index in [4.69, 9.17) is 20.3 Å². The van der Waals surface area contributed by atoms with E-state index in [1.807, 2.05) is 0 Å². The van der Waals surface area contributed by atoms with E-state index in [0.29, 0.717) is 16.9 Å². The van der Waals surface area contributed by atoms with Crippen LogP contribution in [0.2, 0.25) is 0 Å². The van der Waals surface area contributed by atoms with Gasteiger partial charge in [0.05, 0.1) is 17.2 Å². The zero-order valence-electron chi connectivity index (χ0n) is 13.8. The highest BCUT2D eigenvalue weighted by Gasteiger charge is 2.16. The molecular formula is C15H16N5O5PS. The van der Waals surface area contributed by atoms with Gasteiger partial charge in [-0.05, 0) is 42.0 Å². The summed E-state index contributed by atoms with van der Waals surface area (Å²) < 4.78 is 16.2. The fraction of sp³-hybridized carbons (Fsp3) is 0.0667. The second kappa shape index (κ2) is 9.19. The number of hydrogen-bond acceptors (Lipinski definition) is 6. The minimum absolute atomic E-state index is 0.0131. The van der Waals surface area contributed by atoms with E-state index in [0.717, 1.165) is 0 Å². The molecule has 0 saturated carbocycles. The van der Waals surface area contributed by atoms with E-state index < -0.39 is 13.7 Å². The van der Waals surface area contributed by atoms with Crippen LogP contribution in [0.15, 0.2) is 47.7 Å². The third-order valence-electron chi connectivity index (χ3n) is 3.08. The van der Waals surface area contributed by atoms with E-state index in [-0.39, 0.29) is 17.0 Å². The SMILES string of the molecule is NC(=S)N/N=C/c1ncccc1NC(=O)OCc1ccc(P(=O)(O)O)cc1. The monoisotopic (exact) mass is 409 g/mol. The Morgan fingerprint density at radius 2 is 2.04 bits per heavy atom. The Morgan fingerprint density at radius 1 is 1.33 bits per heavy atom. The molecule has 0 aliphatic rings. The van der Waals surface area contributed by atoms with Crippen molar-refractivity contribution in [1.29, 1.82) is 0 Å². The predicted octanol–water partition coefficient (Wildman–Crippen LogP) is 0.800. The van der Waals surface area contributed by atoms with Crippen LogP contribution < -0.4 is 21.8 Å². The van der Waals surface area contributed by atoms with E-state index in [9.17, 15) is 9.36 Å². The van der Waals surface area contributed by atoms with Crippen LogP contribution in [0.4, 0.5) is 10.5 Å². The number of carbonyl (C=O) groups is 1. The number of hydrogen-bond donors (Lipinski definition) is 5. The van der Waals surface area contributed by atoms with E-state index in [2.05, 4.69) is 33.0 Å². The molecule has 27 heavy (non-hydrogen) atoms. The Kier molecular flexibility index (Phi) is 6.97. The lowest BCUT2D eigenvalue weighted by atomic mass is 10.2. The van der Waals surface area contributed by atoms with Gasteiger partial charge in [0.25, 0.3) is 0 Å². The van der Waals surface area contributed by atoms with Crippen molar-refractivity contribution in [1.82, 2.24) is 10.4 Å². The molecule has 0 radical (unpaired) electrons. The minimum Gasteiger partial charge on any atom is -0.444 e. The van der Waals surface area contributed by atoms with Gasteiger partial charge in [0.2, 0.25) is 0 Å². The molecule has 0 aliphatic carbocycles. The summed E-state index contributed by atoms with van der Waals surface area (Å²) in [4.78, 5) is 34.1. The zero-order valence-corrected chi connectivity index (χ0v) is 15.5. The highest BCUT2D eigenvalue weighted by atomic mass is 32.1. The van der Waals surface area contributed by atoms with Gasteiger partial charge in [-0.15, -0.1) is 0 Å². The fourth-order valence-electron chi connectivity index (χ4n) is 1.86. The van der Waals surface area contributed by atoms with Gasteiger partial charge in [-0.2, -0.15) is 5.10 Å². The van der Waals surface area contributed by atoms with Crippen molar-refractivity contribution in [2.75, 3.05) is 5.32 Å². The molecule has 2 aromatic rings. The molecule has 0 spiro atoms. The van der Waals surface area contributed by atoms with E-state index >= 15 is 0 Å². The average Bonchev–Trinajstić information content (AvgIpc) is 2.61. The van der Waals surface area contributed by atoms with Crippen LogP contribution in [0.5, 0.6) is 0 Å². The Labute approximate surface area is 159 Å². The highest BCUT2D eigenvalue weighted by molar-refractivity contribution is 7.80. The maximum atomic E-state index is 12.0. The molecule has 0 aliphatic heterocycles. The number of pyridine rings is 1. The molecule has 1 aromatic carbocycles. The van der Waals surface area contributed by atoms with Gasteiger partial charge in [0.15, 0.2) is 5.11 Å². The molecule has 142 valence electrons. The number of nitrogens with one attached hydrogen (secondary N) is 2. The number of benzene rings is 1. The average molecular weight is 409 g/mol. The predicted molar refractivity (Wildman–Crippen MR) is 104 cm³/mol. The number of carbonyl (C=O) groups excluding carboxylic acids is 1. The van der Waals surface area contributed by atoms with Crippen LogP contribution in [0.1, 0.15) is 11.3 Å². The van der Waals surface area contributed by atoms with Crippen molar-refractivity contribution in [3.63, 3.8) is 0 Å². The summed E-state index contributed by atoms with van der Waals surface area (Å²) in [5, 5.41) is 6.17. The number of anilines is 1. The number of aromatic nitrogens is 1. The standard InChI is InChI=1S/C15H16N5O5PS/c16-14(27)20-18-8-13-12(2-1-7-17-13)19-15(21)25-9-10-3-5-11(6-4-10)26(22,23)24/h1-8H,9H2,(H,19,21)(H3,16,20,27)(H2,22,23,24)/b18-8+. The summed E-state index contributed by atoms with van der Waals surface area (Å²) in [7, 11) is -4.30. The quantitative estimate of drug-likeness (QED) is 0.201. The Hall–Kier alpha value is -2.85. The second-order valence-corrected chi connectivity index (χ2v) is 7.13. The molecule has 0 unspecified atom stereocenters. The molecule has 0 fully saturated rings. The lowest BCUT2D eigenvalue weighted by molar-refractivity contribution is 0.155. The Bertz CT molecular complexity index is 900. The first-order valence-electron chi connectivity index (χ1n) is 7.38. The van der Waals surface area contributed by atoms with Gasteiger partial charge in [-0.1, -0.05) is 12.1 Å². The Morgan fingerprint density at radius 3 is 2.67 bits per heavy atom. The van der Waals surface area contributed by atoms with Crippen LogP contribution in [0, 0.1) is 0 Å². The first kappa shape index (κ1) is 20.5. The number of amides is 1. The van der Waals surface area contributed by atoms with Crippen LogP contribution in [0.3, 0.4) is 0 Å².